The summed E-state index contributed by atoms with van der Waals surface area (Å²) in [5, 5.41) is 2.99. The van der Waals surface area contributed by atoms with Crippen LogP contribution in [0.2, 0.25) is 0 Å². The van der Waals surface area contributed by atoms with Crippen LogP contribution in [0.5, 0.6) is 0 Å². The van der Waals surface area contributed by atoms with E-state index in [2.05, 4.69) is 16.9 Å². The molecular weight excluding hydrogens is 184 g/mol. The van der Waals surface area contributed by atoms with E-state index in [9.17, 15) is 0 Å². The van der Waals surface area contributed by atoms with Gasteiger partial charge in [0.15, 0.2) is 0 Å². The predicted octanol–water partition coefficient (Wildman–Crippen LogP) is 4.13. The zero-order valence-electron chi connectivity index (χ0n) is 10.9. The van der Waals surface area contributed by atoms with E-state index >= 15 is 0 Å². The van der Waals surface area contributed by atoms with Gasteiger partial charge in [0.1, 0.15) is 5.82 Å². The molecule has 2 nitrogen and oxygen atoms in total. The van der Waals surface area contributed by atoms with E-state index in [1.54, 1.807) is 6.08 Å². The van der Waals surface area contributed by atoms with Crippen molar-refractivity contribution in [2.75, 3.05) is 12.4 Å². The van der Waals surface area contributed by atoms with Crippen molar-refractivity contribution in [3.05, 3.63) is 30.0 Å². The zero-order valence-corrected chi connectivity index (χ0v) is 10.9. The lowest BCUT2D eigenvalue weighted by Crippen LogP contribution is -1.95. The summed E-state index contributed by atoms with van der Waals surface area (Å²) in [6.45, 7) is 13.7. The summed E-state index contributed by atoms with van der Waals surface area (Å²) in [4.78, 5) is 4.19. The Balaban J connectivity index is 0. The van der Waals surface area contributed by atoms with Gasteiger partial charge in [-0.05, 0) is 18.6 Å². The van der Waals surface area contributed by atoms with Crippen molar-refractivity contribution in [2.24, 2.45) is 0 Å². The Morgan fingerprint density at radius 2 is 1.80 bits per heavy atom. The van der Waals surface area contributed by atoms with Crippen LogP contribution in [-0.4, -0.2) is 12.0 Å². The maximum atomic E-state index is 4.19. The van der Waals surface area contributed by atoms with Crippen molar-refractivity contribution in [3.63, 3.8) is 0 Å². The third-order valence-corrected chi connectivity index (χ3v) is 1.51. The van der Waals surface area contributed by atoms with Crippen LogP contribution in [0.3, 0.4) is 0 Å². The van der Waals surface area contributed by atoms with Crippen molar-refractivity contribution in [1.82, 2.24) is 4.98 Å². The molecule has 1 aromatic heterocycles. The number of aromatic nitrogens is 1. The van der Waals surface area contributed by atoms with Crippen LogP contribution in [0.25, 0.3) is 6.08 Å². The fraction of sp³-hybridized carbons (Fsp3) is 0.462. The molecule has 0 aliphatic rings. The fourth-order valence-corrected chi connectivity index (χ4v) is 0.956. The lowest BCUT2D eigenvalue weighted by Gasteiger charge is -2.03. The first kappa shape index (κ1) is 16.1. The minimum absolute atomic E-state index is 0.880. The summed E-state index contributed by atoms with van der Waals surface area (Å²) >= 11 is 0. The van der Waals surface area contributed by atoms with Crippen LogP contribution in [0.4, 0.5) is 5.82 Å². The molecule has 0 amide bonds. The van der Waals surface area contributed by atoms with Crippen molar-refractivity contribution in [3.8, 4) is 0 Å². The summed E-state index contributed by atoms with van der Waals surface area (Å²) < 4.78 is 0. The number of rotatable bonds is 2. The first-order valence-electron chi connectivity index (χ1n) is 5.54. The van der Waals surface area contributed by atoms with Crippen LogP contribution >= 0.6 is 0 Å². The monoisotopic (exact) mass is 208 g/mol. The van der Waals surface area contributed by atoms with Gasteiger partial charge in [-0.1, -0.05) is 40.3 Å². The van der Waals surface area contributed by atoms with Gasteiger partial charge >= 0.3 is 0 Å². The molecule has 15 heavy (non-hydrogen) atoms. The smallest absolute Gasteiger partial charge is 0.132 e. The van der Waals surface area contributed by atoms with E-state index < -0.39 is 0 Å². The van der Waals surface area contributed by atoms with Crippen molar-refractivity contribution < 1.29 is 0 Å². The van der Waals surface area contributed by atoms with Crippen LogP contribution in [0, 0.1) is 6.92 Å². The van der Waals surface area contributed by atoms with Gasteiger partial charge in [-0.15, -0.1) is 0 Å². The second-order valence-electron chi connectivity index (χ2n) is 2.40. The molecule has 0 saturated heterocycles. The van der Waals surface area contributed by atoms with Gasteiger partial charge in [-0.25, -0.2) is 4.98 Å². The van der Waals surface area contributed by atoms with E-state index in [0.29, 0.717) is 0 Å². The van der Waals surface area contributed by atoms with Gasteiger partial charge in [0.05, 0.1) is 0 Å². The molecule has 0 aliphatic carbocycles. The summed E-state index contributed by atoms with van der Waals surface area (Å²) in [6.07, 6.45) is 3.63. The number of anilines is 1. The summed E-state index contributed by atoms with van der Waals surface area (Å²) in [5.74, 6) is 0.880. The molecule has 0 atom stereocenters. The molecule has 1 aromatic rings. The second-order valence-corrected chi connectivity index (χ2v) is 2.40. The van der Waals surface area contributed by atoms with Crippen molar-refractivity contribution >= 4 is 11.9 Å². The number of nitrogens with one attached hydrogen (secondary N) is 1. The van der Waals surface area contributed by atoms with Gasteiger partial charge in [0, 0.05) is 18.8 Å². The van der Waals surface area contributed by atoms with Gasteiger partial charge in [-0.2, -0.15) is 0 Å². The minimum atomic E-state index is 0.880. The molecule has 1 N–H and O–H groups in total. The molecule has 0 bridgehead atoms. The summed E-state index contributed by atoms with van der Waals surface area (Å²) in [5.41, 5.74) is 2.20. The molecule has 2 heteroatoms. The standard InChI is InChI=1S/C9H12N2.2C2H6/c1-4-8-5-7(2)6-11-9(8)10-3;2*1-2/h4-6H,1H2,2-3H3,(H,10,11);2*1-2H3. The average molecular weight is 208 g/mol. The molecule has 0 spiro atoms. The van der Waals surface area contributed by atoms with Crippen LogP contribution in [0.1, 0.15) is 38.8 Å². The van der Waals surface area contributed by atoms with E-state index in [0.717, 1.165) is 16.9 Å². The predicted molar refractivity (Wildman–Crippen MR) is 71.3 cm³/mol. The van der Waals surface area contributed by atoms with E-state index in [1.807, 2.05) is 53.9 Å². The largest absolute Gasteiger partial charge is 0.373 e. The van der Waals surface area contributed by atoms with Crippen molar-refractivity contribution in [1.29, 1.82) is 0 Å². The number of pyridine rings is 1. The molecule has 0 unspecified atom stereocenters. The Hall–Kier alpha value is -1.31. The molecule has 1 rings (SSSR count). The van der Waals surface area contributed by atoms with Crippen LogP contribution in [0.15, 0.2) is 18.8 Å². The SMILES string of the molecule is C=Cc1cc(C)cnc1NC.CC.CC. The highest BCUT2D eigenvalue weighted by molar-refractivity contribution is 5.61. The van der Waals surface area contributed by atoms with Crippen molar-refractivity contribution in [2.45, 2.75) is 34.6 Å². The Morgan fingerprint density at radius 3 is 2.20 bits per heavy atom. The van der Waals surface area contributed by atoms with E-state index in [-0.39, 0.29) is 0 Å². The molecule has 0 radical (unpaired) electrons. The number of hydrogen-bond donors (Lipinski definition) is 1. The molecule has 0 saturated carbocycles. The van der Waals surface area contributed by atoms with Gasteiger partial charge in [0.25, 0.3) is 0 Å². The lowest BCUT2D eigenvalue weighted by molar-refractivity contribution is 1.23. The minimum Gasteiger partial charge on any atom is -0.373 e. The first-order valence-corrected chi connectivity index (χ1v) is 5.54. The maximum absolute atomic E-state index is 4.19. The normalized spacial score (nSPS) is 7.60. The molecule has 0 aliphatic heterocycles. The molecular formula is C13H24N2. The summed E-state index contributed by atoms with van der Waals surface area (Å²) in [6, 6.07) is 2.05. The van der Waals surface area contributed by atoms with Gasteiger partial charge < -0.3 is 5.32 Å². The molecule has 0 fully saturated rings. The highest BCUT2D eigenvalue weighted by Gasteiger charge is 1.96. The molecule has 1 heterocycles. The topological polar surface area (TPSA) is 24.9 Å². The third-order valence-electron chi connectivity index (χ3n) is 1.51. The zero-order chi connectivity index (χ0) is 12.3. The summed E-state index contributed by atoms with van der Waals surface area (Å²) in [7, 11) is 1.85. The third kappa shape index (κ3) is 5.89. The highest BCUT2D eigenvalue weighted by Crippen LogP contribution is 2.13. The highest BCUT2D eigenvalue weighted by atomic mass is 15.0. The first-order chi connectivity index (χ1) is 7.27. The van der Waals surface area contributed by atoms with Crippen LogP contribution < -0.4 is 5.32 Å². The Labute approximate surface area is 94.4 Å². The van der Waals surface area contributed by atoms with Crippen LogP contribution in [-0.2, 0) is 0 Å². The van der Waals surface area contributed by atoms with E-state index in [1.165, 1.54) is 0 Å². The molecule has 86 valence electrons. The lowest BCUT2D eigenvalue weighted by atomic mass is 10.2. The maximum Gasteiger partial charge on any atom is 0.132 e. The Kier molecular flexibility index (Phi) is 11.6. The fourth-order valence-electron chi connectivity index (χ4n) is 0.956. The van der Waals surface area contributed by atoms with Gasteiger partial charge in [0.2, 0.25) is 0 Å². The Morgan fingerprint density at radius 1 is 1.27 bits per heavy atom. The Bertz CT molecular complexity index is 267. The van der Waals surface area contributed by atoms with E-state index in [4.69, 9.17) is 0 Å². The average Bonchev–Trinajstić information content (AvgIpc) is 2.34. The second kappa shape index (κ2) is 10.8. The number of hydrogen-bond acceptors (Lipinski definition) is 2. The number of nitrogens with zero attached hydrogens (tertiary/aromatic N) is 1. The van der Waals surface area contributed by atoms with Gasteiger partial charge in [-0.3, -0.25) is 0 Å². The number of aryl methyl sites for hydroxylation is 1. The molecule has 0 aromatic carbocycles. The quantitative estimate of drug-likeness (QED) is 0.790.